The van der Waals surface area contributed by atoms with Crippen LogP contribution < -0.4 is 46.4 Å². The van der Waals surface area contributed by atoms with Crippen molar-refractivity contribution in [2.75, 3.05) is 6.61 Å². The monoisotopic (exact) mass is 1220 g/mol. The van der Waals surface area contributed by atoms with Crippen molar-refractivity contribution in [3.8, 4) is 65.0 Å². The summed E-state index contributed by atoms with van der Waals surface area (Å²) in [5.41, 5.74) is 2.60. The fraction of sp³-hybridized carbons (Fsp3) is 0.319. The van der Waals surface area contributed by atoms with Crippen LogP contribution in [0.3, 0.4) is 0 Å². The van der Waals surface area contributed by atoms with Crippen molar-refractivity contribution >= 4 is 6.08 Å². The van der Waals surface area contributed by atoms with Crippen LogP contribution in [0.1, 0.15) is 46.3 Å². The molecule has 4 N–H and O–H groups in total. The Morgan fingerprint density at radius 2 is 0.818 bits per heavy atom. The number of nitrogens with one attached hydrogen (secondary N) is 4. The fourth-order valence-corrected chi connectivity index (χ4v) is 7.85. The number of terminal acetylenes is 1. The Bertz CT molecular complexity index is 4860. The van der Waals surface area contributed by atoms with Crippen LogP contribution in [0.2, 0.25) is 5.65 Å². The summed E-state index contributed by atoms with van der Waals surface area (Å²) in [7, 11) is 12.8. The second-order valence-corrected chi connectivity index (χ2v) is 17.9. The molecule has 0 aliphatic heterocycles. The van der Waals surface area contributed by atoms with Gasteiger partial charge in [0.15, 0.2) is 28.9 Å². The molecule has 0 aliphatic carbocycles. The van der Waals surface area contributed by atoms with Gasteiger partial charge in [0.2, 0.25) is 29.4 Å². The average molecular weight is 1220 g/mol. The summed E-state index contributed by atoms with van der Waals surface area (Å²) < 4.78 is 71.9. The molecular weight excluding hydrogens is 1160 g/mol. The van der Waals surface area contributed by atoms with Crippen LogP contribution in [0.5, 0.6) is 29.4 Å². The van der Waals surface area contributed by atoms with Crippen molar-refractivity contribution in [3.63, 3.8) is 0 Å². The number of H-pyrrole nitrogens is 4. The number of tetrazole rings is 4. The van der Waals surface area contributed by atoms with Gasteiger partial charge in [0.05, 0.1) is 34.6 Å². The minimum Gasteiger partial charge on any atom is -0.478 e. The van der Waals surface area contributed by atoms with Crippen molar-refractivity contribution in [1.82, 2.24) is 159 Å². The zero-order valence-corrected chi connectivity index (χ0v) is 48.5. The molecule has 0 aliphatic rings. The molecule has 0 amide bonds. The number of aromatic nitrogens is 32. The molecular formula is C47H56N32O9. The number of nitrogens with zero attached hydrogens (tertiary/aromatic N) is 28. The van der Waals surface area contributed by atoms with E-state index in [0.717, 1.165) is 63.5 Å². The van der Waals surface area contributed by atoms with Crippen LogP contribution in [0.25, 0.3) is 29.3 Å². The van der Waals surface area contributed by atoms with E-state index in [0.29, 0.717) is 63.6 Å². The SMILES string of the molecule is [3H]n1ccc(OCc2c(-n3nnn(C)c3=O)nn(C)c2C#C)n1.[3H]n1ccc(OCc2c(-n3nnn(C)c3=O)nn(C)c2C)n1.[3H]n1ccc(OCc2c(-n3nnn(C)c3=O)nn(C)c2C=C)n1.[3H]n1ccc(OCc2c(-n3nnn(C)c3=O)nn(C)c2OCC)n1. The Morgan fingerprint density at radius 1 is 0.477 bits per heavy atom. The first-order chi connectivity index (χ1) is 44.0. The van der Waals surface area contributed by atoms with E-state index in [1.165, 1.54) is 68.4 Å². The number of hydrogen-bond donors (Lipinski definition) is 4. The molecule has 88 heavy (non-hydrogen) atoms. The van der Waals surface area contributed by atoms with Crippen molar-refractivity contribution in [2.45, 2.75) is 40.3 Å². The van der Waals surface area contributed by atoms with E-state index < -0.39 is 22.8 Å². The van der Waals surface area contributed by atoms with E-state index >= 15 is 0 Å². The highest BCUT2D eigenvalue weighted by atomic mass is 16.5. The number of rotatable bonds is 19. The molecule has 0 aromatic carbocycles. The van der Waals surface area contributed by atoms with Crippen molar-refractivity contribution < 1.29 is 29.3 Å². The topological polar surface area (TPSA) is 443 Å². The van der Waals surface area contributed by atoms with Gasteiger partial charge in [0, 0.05) is 111 Å². The molecule has 41 nitrogen and oxygen atoms in total. The first kappa shape index (κ1) is 54.7. The third kappa shape index (κ3) is 12.7. The molecule has 12 heterocycles. The van der Waals surface area contributed by atoms with Gasteiger partial charge in [-0.05, 0) is 61.6 Å². The summed E-state index contributed by atoms with van der Waals surface area (Å²) in [5, 5.41) is 65.8. The summed E-state index contributed by atoms with van der Waals surface area (Å²) in [6.45, 7) is 8.16. The van der Waals surface area contributed by atoms with Gasteiger partial charge in [0.25, 0.3) is 0 Å². The highest BCUT2D eigenvalue weighted by Gasteiger charge is 2.25. The Hall–Kier alpha value is -12.5. The Labute approximate surface area is 498 Å². The van der Waals surface area contributed by atoms with Crippen LogP contribution >= 0.6 is 0 Å². The van der Waals surface area contributed by atoms with Crippen LogP contribution in [0.15, 0.2) is 74.8 Å². The predicted molar refractivity (Wildman–Crippen MR) is 299 cm³/mol. The molecule has 0 saturated carbocycles. The van der Waals surface area contributed by atoms with Crippen LogP contribution in [0, 0.1) is 19.3 Å². The van der Waals surface area contributed by atoms with Crippen LogP contribution in [-0.4, -0.2) is 166 Å². The lowest BCUT2D eigenvalue weighted by atomic mass is 10.2. The lowest BCUT2D eigenvalue weighted by molar-refractivity contribution is 0.269. The molecule has 458 valence electrons. The molecule has 12 aromatic rings. The standard InChI is InChI=1S/C12H16N8O3.C12H14N8O2.C12H12N8O2.C11H14N8O2/c1-4-22-11-8(7-23-9-5-6-13-14-9)10(15-18(11)2)20-12(21)19(3)16-17-20;2*1-4-9-8(7-22-10-5-6-13-14-10)11(15-18(9)2)20-12(21)19(3)16-17-20;1-7-8(6-21-9-4-5-12-13-9)10(14-17(7)2)19-11(20)18(3)15-16-19/h5-6H,4,7H2,1-3H3,(H,13,14);4-6H,1,7H2,2-3H3,(H,13,14);1,5-6H,7H2,2-3H3,(H,13,14);4-5H,6H2,1-3H3,(H,12,13)/i/hT4. The van der Waals surface area contributed by atoms with Crippen LogP contribution in [-0.2, 0) is 82.8 Å². The lowest BCUT2D eigenvalue weighted by Gasteiger charge is -2.07. The van der Waals surface area contributed by atoms with Gasteiger partial charge in [-0.1, -0.05) is 12.5 Å². The van der Waals surface area contributed by atoms with Crippen molar-refractivity contribution in [3.05, 3.63) is 137 Å². The highest BCUT2D eigenvalue weighted by molar-refractivity contribution is 5.53. The van der Waals surface area contributed by atoms with Gasteiger partial charge in [-0.2, -0.15) is 34.0 Å². The Morgan fingerprint density at radius 3 is 1.18 bits per heavy atom. The fourth-order valence-electron chi connectivity index (χ4n) is 7.85. The summed E-state index contributed by atoms with van der Waals surface area (Å²) in [4.78, 5) is 48.2. The zero-order valence-electron chi connectivity index (χ0n) is 52.5. The molecule has 12 rings (SSSR count). The first-order valence-corrected chi connectivity index (χ1v) is 25.6. The summed E-state index contributed by atoms with van der Waals surface area (Å²) in [6, 6.07) is 6.23. The maximum absolute atomic E-state index is 12.1. The van der Waals surface area contributed by atoms with Gasteiger partial charge < -0.3 is 23.7 Å². The van der Waals surface area contributed by atoms with E-state index in [-0.39, 0.29) is 55.7 Å². The first-order valence-electron chi connectivity index (χ1n) is 27.4. The zero-order chi connectivity index (χ0) is 66.2. The van der Waals surface area contributed by atoms with Gasteiger partial charge in [-0.25, -0.2) is 23.9 Å². The minimum absolute atomic E-state index is 0.0166. The van der Waals surface area contributed by atoms with Gasteiger partial charge in [0.1, 0.15) is 32.1 Å². The molecule has 0 spiro atoms. The quantitative estimate of drug-likeness (QED) is 0.0600. The minimum atomic E-state index is -0.455. The molecule has 0 bridgehead atoms. The second-order valence-electron chi connectivity index (χ2n) is 17.9. The second kappa shape index (κ2) is 26.4. The molecule has 12 aromatic heterocycles. The summed E-state index contributed by atoms with van der Waals surface area (Å²) in [5.74, 6) is 5.28. The third-order valence-corrected chi connectivity index (χ3v) is 12.3. The molecule has 0 saturated heterocycles. The third-order valence-electron chi connectivity index (χ3n) is 12.3. The molecule has 0 unspecified atom stereocenters. The van der Waals surface area contributed by atoms with Gasteiger partial charge in [-0.15, -0.1) is 50.6 Å². The molecule has 41 heteroatoms. The van der Waals surface area contributed by atoms with E-state index in [2.05, 4.69) is 95.0 Å². The normalized spacial score (nSPS) is 11.5. The summed E-state index contributed by atoms with van der Waals surface area (Å²) in [6.07, 6.45) is 12.9. The predicted octanol–water partition coefficient (Wildman–Crippen LogP) is -2.66. The average Bonchev–Trinajstić information content (AvgIpc) is 1.67. The highest BCUT2D eigenvalue weighted by Crippen LogP contribution is 2.26. The molecule has 0 atom stereocenters. The Balaban J connectivity index is 0.000000145. The van der Waals surface area contributed by atoms with E-state index in [9.17, 15) is 19.2 Å². The molecule has 0 radical (unpaired) electrons. The van der Waals surface area contributed by atoms with Crippen LogP contribution in [0.4, 0.5) is 0 Å². The summed E-state index contributed by atoms with van der Waals surface area (Å²) >= 11 is 0. The van der Waals surface area contributed by atoms with Gasteiger partial charge in [-0.3, -0.25) is 34.4 Å². The van der Waals surface area contributed by atoms with E-state index in [1.54, 1.807) is 61.8 Å². The lowest BCUT2D eigenvalue weighted by Crippen LogP contribution is -2.23. The number of hydrogen-bond acceptors (Lipinski definition) is 25. The maximum Gasteiger partial charge on any atom is 0.369 e. The van der Waals surface area contributed by atoms with Crippen molar-refractivity contribution in [1.29, 1.82) is 0 Å². The van der Waals surface area contributed by atoms with Gasteiger partial charge >= 0.3 is 22.8 Å². The number of aryl methyl sites for hydroxylation is 8. The number of ether oxygens (including phenoxy) is 5. The number of aromatic amines is 4. The van der Waals surface area contributed by atoms with Crippen molar-refractivity contribution in [2.24, 2.45) is 56.4 Å². The smallest absolute Gasteiger partial charge is 0.369 e. The largest absolute Gasteiger partial charge is 0.478 e. The maximum atomic E-state index is 12.1. The Kier molecular flexibility index (Phi) is 16.4. The van der Waals surface area contributed by atoms with E-state index in [4.69, 9.17) is 35.8 Å². The molecule has 0 fully saturated rings. The van der Waals surface area contributed by atoms with E-state index in [1.807, 2.05) is 13.8 Å².